The number of halogens is 1. The molecule has 5 nitrogen and oxygen atoms in total. The molecular formula is C32H39ClN2O3. The van der Waals surface area contributed by atoms with Crippen LogP contribution in [0.2, 0.25) is 5.02 Å². The van der Waals surface area contributed by atoms with Gasteiger partial charge in [-0.25, -0.2) is 0 Å². The minimum Gasteiger partial charge on any atom is -0.484 e. The van der Waals surface area contributed by atoms with Crippen molar-refractivity contribution in [1.29, 1.82) is 0 Å². The Morgan fingerprint density at radius 2 is 1.61 bits per heavy atom. The molecule has 2 amide bonds. The summed E-state index contributed by atoms with van der Waals surface area (Å²) in [6.07, 6.45) is 1.18. The van der Waals surface area contributed by atoms with Crippen molar-refractivity contribution >= 4 is 23.4 Å². The van der Waals surface area contributed by atoms with Crippen LogP contribution in [0.5, 0.6) is 5.75 Å². The summed E-state index contributed by atoms with van der Waals surface area (Å²) in [5.41, 5.74) is 3.02. The molecule has 3 rings (SSSR count). The summed E-state index contributed by atoms with van der Waals surface area (Å²) in [5, 5.41) is 3.65. The summed E-state index contributed by atoms with van der Waals surface area (Å²) >= 11 is 6.25. The van der Waals surface area contributed by atoms with Gasteiger partial charge in [0.2, 0.25) is 5.91 Å². The Kier molecular flexibility index (Phi) is 10.4. The molecule has 2 atom stereocenters. The van der Waals surface area contributed by atoms with Gasteiger partial charge < -0.3 is 15.0 Å². The third kappa shape index (κ3) is 8.63. The van der Waals surface area contributed by atoms with E-state index in [1.807, 2.05) is 86.6 Å². The third-order valence-electron chi connectivity index (χ3n) is 6.60. The fraction of sp³-hybridized carbons (Fsp3) is 0.375. The molecule has 0 heterocycles. The monoisotopic (exact) mass is 534 g/mol. The smallest absolute Gasteiger partial charge is 0.261 e. The largest absolute Gasteiger partial charge is 0.484 e. The van der Waals surface area contributed by atoms with Gasteiger partial charge in [-0.1, -0.05) is 93.9 Å². The predicted molar refractivity (Wildman–Crippen MR) is 154 cm³/mol. The van der Waals surface area contributed by atoms with Crippen LogP contribution in [-0.2, 0) is 28.0 Å². The second-order valence-electron chi connectivity index (χ2n) is 10.7. The summed E-state index contributed by atoms with van der Waals surface area (Å²) in [6.45, 7) is 10.5. The van der Waals surface area contributed by atoms with E-state index in [1.165, 1.54) is 5.56 Å². The number of carbonyl (C=O) groups excluding carboxylic acids is 2. The number of carbonyl (C=O) groups is 2. The summed E-state index contributed by atoms with van der Waals surface area (Å²) in [5.74, 6) is 0.149. The maximum absolute atomic E-state index is 13.7. The molecule has 3 aromatic carbocycles. The lowest BCUT2D eigenvalue weighted by Crippen LogP contribution is -2.53. The second kappa shape index (κ2) is 13.5. The lowest BCUT2D eigenvalue weighted by molar-refractivity contribution is -0.143. The molecule has 0 aliphatic heterocycles. The van der Waals surface area contributed by atoms with E-state index in [-0.39, 0.29) is 36.4 Å². The normalized spacial score (nSPS) is 12.9. The summed E-state index contributed by atoms with van der Waals surface area (Å²) in [4.78, 5) is 28.9. The first-order valence-electron chi connectivity index (χ1n) is 13.2. The number of nitrogens with zero attached hydrogens (tertiary/aromatic N) is 1. The van der Waals surface area contributed by atoms with Gasteiger partial charge in [-0.3, -0.25) is 9.59 Å². The molecule has 0 aromatic heterocycles. The second-order valence-corrected chi connectivity index (χ2v) is 11.2. The lowest BCUT2D eigenvalue weighted by Gasteiger charge is -2.32. The van der Waals surface area contributed by atoms with Crippen LogP contribution in [-0.4, -0.2) is 35.4 Å². The first-order chi connectivity index (χ1) is 18.1. The van der Waals surface area contributed by atoms with Gasteiger partial charge in [-0.05, 0) is 59.7 Å². The van der Waals surface area contributed by atoms with Crippen molar-refractivity contribution in [2.45, 2.75) is 71.5 Å². The average Bonchev–Trinajstić information content (AvgIpc) is 2.89. The Morgan fingerprint density at radius 1 is 0.947 bits per heavy atom. The molecule has 0 radical (unpaired) electrons. The van der Waals surface area contributed by atoms with E-state index >= 15 is 0 Å². The standard InChI is InChI=1S/C32H39ClN2O3/c1-6-23(2)34-31(37)29(20-24-11-8-7-9-12-24)35(21-25-13-10-14-27(33)19-25)30(36)22-38-28-17-15-26(16-18-28)32(3,4)5/h7-19,23,29H,6,20-22H2,1-5H3,(H,34,37). The Hall–Kier alpha value is -3.31. The summed E-state index contributed by atoms with van der Waals surface area (Å²) < 4.78 is 5.91. The Labute approximate surface area is 232 Å². The molecule has 2 unspecified atom stereocenters. The Balaban J connectivity index is 1.89. The van der Waals surface area contributed by atoms with Crippen molar-refractivity contribution in [2.24, 2.45) is 0 Å². The zero-order chi connectivity index (χ0) is 27.7. The van der Waals surface area contributed by atoms with Gasteiger partial charge in [-0.15, -0.1) is 0 Å². The van der Waals surface area contributed by atoms with Gasteiger partial charge >= 0.3 is 0 Å². The molecular weight excluding hydrogens is 496 g/mol. The molecule has 6 heteroatoms. The third-order valence-corrected chi connectivity index (χ3v) is 6.83. The quantitative estimate of drug-likeness (QED) is 0.302. The van der Waals surface area contributed by atoms with Crippen LogP contribution in [0.15, 0.2) is 78.9 Å². The molecule has 3 aromatic rings. The predicted octanol–water partition coefficient (Wildman–Crippen LogP) is 6.57. The average molecular weight is 535 g/mol. The van der Waals surface area contributed by atoms with E-state index in [2.05, 4.69) is 26.1 Å². The van der Waals surface area contributed by atoms with Crippen LogP contribution in [0.4, 0.5) is 0 Å². The van der Waals surface area contributed by atoms with Crippen molar-refractivity contribution < 1.29 is 14.3 Å². The van der Waals surface area contributed by atoms with Crippen molar-refractivity contribution in [3.05, 3.63) is 101 Å². The fourth-order valence-corrected chi connectivity index (χ4v) is 4.32. The van der Waals surface area contributed by atoms with Crippen LogP contribution >= 0.6 is 11.6 Å². The van der Waals surface area contributed by atoms with Crippen molar-refractivity contribution in [3.63, 3.8) is 0 Å². The first-order valence-corrected chi connectivity index (χ1v) is 13.6. The molecule has 0 aliphatic carbocycles. The van der Waals surface area contributed by atoms with E-state index in [1.54, 1.807) is 11.0 Å². The molecule has 38 heavy (non-hydrogen) atoms. The topological polar surface area (TPSA) is 58.6 Å². The van der Waals surface area contributed by atoms with E-state index in [0.717, 1.165) is 17.5 Å². The van der Waals surface area contributed by atoms with Gasteiger partial charge in [-0.2, -0.15) is 0 Å². The zero-order valence-electron chi connectivity index (χ0n) is 23.0. The van der Waals surface area contributed by atoms with Crippen LogP contribution in [0.25, 0.3) is 0 Å². The van der Waals surface area contributed by atoms with Gasteiger partial charge in [0.25, 0.3) is 5.91 Å². The lowest BCUT2D eigenvalue weighted by atomic mass is 9.87. The van der Waals surface area contributed by atoms with E-state index < -0.39 is 6.04 Å². The van der Waals surface area contributed by atoms with Crippen LogP contribution in [0.1, 0.15) is 57.7 Å². The van der Waals surface area contributed by atoms with Crippen molar-refractivity contribution in [1.82, 2.24) is 10.2 Å². The highest BCUT2D eigenvalue weighted by molar-refractivity contribution is 6.30. The zero-order valence-corrected chi connectivity index (χ0v) is 23.8. The van der Waals surface area contributed by atoms with Gasteiger partial charge in [0.1, 0.15) is 11.8 Å². The number of rotatable bonds is 11. The molecule has 0 spiro atoms. The molecule has 202 valence electrons. The highest BCUT2D eigenvalue weighted by Gasteiger charge is 2.31. The van der Waals surface area contributed by atoms with E-state index in [0.29, 0.717) is 17.2 Å². The number of amides is 2. The molecule has 0 fully saturated rings. The van der Waals surface area contributed by atoms with Gasteiger partial charge in [0.05, 0.1) is 0 Å². The number of ether oxygens (including phenoxy) is 1. The van der Waals surface area contributed by atoms with Crippen molar-refractivity contribution in [2.75, 3.05) is 6.61 Å². The fourth-order valence-electron chi connectivity index (χ4n) is 4.11. The molecule has 0 aliphatic rings. The summed E-state index contributed by atoms with van der Waals surface area (Å²) in [6, 6.07) is 24.2. The van der Waals surface area contributed by atoms with Crippen LogP contribution in [0, 0.1) is 0 Å². The van der Waals surface area contributed by atoms with E-state index in [4.69, 9.17) is 16.3 Å². The molecule has 0 bridgehead atoms. The number of hydrogen-bond donors (Lipinski definition) is 1. The Bertz CT molecular complexity index is 1190. The first kappa shape index (κ1) is 29.2. The highest BCUT2D eigenvalue weighted by atomic mass is 35.5. The van der Waals surface area contributed by atoms with E-state index in [9.17, 15) is 9.59 Å². The highest BCUT2D eigenvalue weighted by Crippen LogP contribution is 2.24. The molecule has 0 saturated heterocycles. The Morgan fingerprint density at radius 3 is 2.21 bits per heavy atom. The molecule has 0 saturated carbocycles. The van der Waals surface area contributed by atoms with Crippen LogP contribution < -0.4 is 10.1 Å². The van der Waals surface area contributed by atoms with Crippen molar-refractivity contribution in [3.8, 4) is 5.75 Å². The van der Waals surface area contributed by atoms with Gasteiger partial charge in [0.15, 0.2) is 6.61 Å². The number of benzene rings is 3. The number of nitrogens with one attached hydrogen (secondary N) is 1. The minimum atomic E-state index is -0.718. The number of hydrogen-bond acceptors (Lipinski definition) is 3. The maximum atomic E-state index is 13.7. The summed E-state index contributed by atoms with van der Waals surface area (Å²) in [7, 11) is 0. The molecule has 1 N–H and O–H groups in total. The maximum Gasteiger partial charge on any atom is 0.261 e. The van der Waals surface area contributed by atoms with Gasteiger partial charge in [0, 0.05) is 24.0 Å². The minimum absolute atomic E-state index is 0.0125. The SMILES string of the molecule is CCC(C)NC(=O)C(Cc1ccccc1)N(Cc1cccc(Cl)c1)C(=O)COc1ccc(C(C)(C)C)cc1. The van der Waals surface area contributed by atoms with Crippen LogP contribution in [0.3, 0.4) is 0 Å².